The molecule has 6 nitrogen and oxygen atoms in total. The molecule has 2 aliphatic rings. The molecule has 2 aromatic rings. The second kappa shape index (κ2) is 5.28. The van der Waals surface area contributed by atoms with E-state index in [-0.39, 0.29) is 5.91 Å². The molecule has 0 spiro atoms. The fraction of sp³-hybridized carbons (Fsp3) is 0.500. The average molecular weight is 300 g/mol. The van der Waals surface area contributed by atoms with Crippen molar-refractivity contribution < 1.29 is 9.90 Å². The molecule has 4 rings (SSSR count). The molecule has 1 N–H and O–H groups in total. The second-order valence-corrected chi connectivity index (χ2v) is 6.16. The minimum atomic E-state index is -0.397. The van der Waals surface area contributed by atoms with Gasteiger partial charge in [0, 0.05) is 38.1 Å². The van der Waals surface area contributed by atoms with Crippen LogP contribution >= 0.6 is 0 Å². The largest absolute Gasteiger partial charge is 0.391 e. The number of amides is 1. The van der Waals surface area contributed by atoms with Crippen molar-refractivity contribution in [2.45, 2.75) is 25.4 Å². The number of anilines is 1. The normalized spacial score (nSPS) is 22.0. The Bertz CT molecular complexity index is 705. The molecule has 0 aliphatic carbocycles. The van der Waals surface area contributed by atoms with Crippen LogP contribution < -0.4 is 4.90 Å². The smallest absolute Gasteiger partial charge is 0.257 e. The number of nitrogens with zero attached hydrogens (tertiary/aromatic N) is 4. The number of carbonyl (C=O) groups is 1. The summed E-state index contributed by atoms with van der Waals surface area (Å²) in [4.78, 5) is 16.7. The Morgan fingerprint density at radius 2 is 2.09 bits per heavy atom. The van der Waals surface area contributed by atoms with Gasteiger partial charge < -0.3 is 14.9 Å². The van der Waals surface area contributed by atoms with E-state index in [1.807, 2.05) is 6.20 Å². The van der Waals surface area contributed by atoms with Crippen molar-refractivity contribution >= 4 is 17.1 Å². The zero-order valence-corrected chi connectivity index (χ0v) is 12.5. The number of β-amino-alcohol motifs (C(OH)–C–C–N with tert-alkyl or cyclic N) is 1. The van der Waals surface area contributed by atoms with Gasteiger partial charge in [0.25, 0.3) is 5.91 Å². The van der Waals surface area contributed by atoms with Gasteiger partial charge in [-0.15, -0.1) is 0 Å². The summed E-state index contributed by atoms with van der Waals surface area (Å²) in [5.41, 5.74) is 2.62. The van der Waals surface area contributed by atoms with Gasteiger partial charge in [0.05, 0.1) is 23.4 Å². The fourth-order valence-electron chi connectivity index (χ4n) is 3.40. The molecule has 2 aromatic heterocycles. The molecule has 4 heterocycles. The lowest BCUT2D eigenvalue weighted by atomic mass is 10.2. The molecule has 0 unspecified atom stereocenters. The molecule has 2 saturated heterocycles. The van der Waals surface area contributed by atoms with E-state index in [1.54, 1.807) is 15.6 Å². The number of carbonyl (C=O) groups excluding carboxylic acids is 1. The molecule has 2 aliphatic heterocycles. The average Bonchev–Trinajstić information content (AvgIpc) is 3.26. The number of likely N-dealkylation sites (tertiary alicyclic amines) is 1. The molecule has 6 heteroatoms. The first-order chi connectivity index (χ1) is 10.7. The Kier molecular flexibility index (Phi) is 3.26. The highest BCUT2D eigenvalue weighted by atomic mass is 16.3. The van der Waals surface area contributed by atoms with Crippen molar-refractivity contribution in [3.8, 4) is 0 Å². The van der Waals surface area contributed by atoms with Gasteiger partial charge in [-0.1, -0.05) is 0 Å². The van der Waals surface area contributed by atoms with Crippen molar-refractivity contribution in [2.75, 3.05) is 31.1 Å². The number of aromatic nitrogens is 2. The molecule has 1 atom stereocenters. The summed E-state index contributed by atoms with van der Waals surface area (Å²) in [5.74, 6) is -0.0369. The second-order valence-electron chi connectivity index (χ2n) is 6.16. The van der Waals surface area contributed by atoms with Gasteiger partial charge in [-0.25, -0.2) is 4.52 Å². The van der Waals surface area contributed by atoms with E-state index in [4.69, 9.17) is 0 Å². The molecule has 2 fully saturated rings. The molecule has 0 saturated carbocycles. The van der Waals surface area contributed by atoms with Gasteiger partial charge in [0.1, 0.15) is 0 Å². The monoisotopic (exact) mass is 300 g/mol. The quantitative estimate of drug-likeness (QED) is 0.903. The summed E-state index contributed by atoms with van der Waals surface area (Å²) in [6.07, 6.45) is 6.26. The van der Waals surface area contributed by atoms with E-state index in [9.17, 15) is 9.90 Å². The summed E-state index contributed by atoms with van der Waals surface area (Å²) >= 11 is 0. The van der Waals surface area contributed by atoms with Gasteiger partial charge >= 0.3 is 0 Å². The topological polar surface area (TPSA) is 61.1 Å². The lowest BCUT2D eigenvalue weighted by Gasteiger charge is -2.18. The summed E-state index contributed by atoms with van der Waals surface area (Å²) in [6, 6.07) is 4.11. The molecule has 0 radical (unpaired) electrons. The minimum absolute atomic E-state index is 0.0369. The minimum Gasteiger partial charge on any atom is -0.391 e. The highest BCUT2D eigenvalue weighted by Gasteiger charge is 2.27. The summed E-state index contributed by atoms with van der Waals surface area (Å²) < 4.78 is 1.75. The number of rotatable bonds is 2. The van der Waals surface area contributed by atoms with Crippen LogP contribution in [0.1, 0.15) is 29.6 Å². The lowest BCUT2D eigenvalue weighted by molar-refractivity contribution is 0.0767. The molecule has 22 heavy (non-hydrogen) atoms. The van der Waals surface area contributed by atoms with Crippen LogP contribution in [0.4, 0.5) is 5.69 Å². The van der Waals surface area contributed by atoms with Crippen LogP contribution in [-0.4, -0.2) is 57.8 Å². The molecular weight excluding hydrogens is 280 g/mol. The van der Waals surface area contributed by atoms with E-state index in [2.05, 4.69) is 22.1 Å². The van der Waals surface area contributed by atoms with Gasteiger partial charge in [0.2, 0.25) is 0 Å². The van der Waals surface area contributed by atoms with Crippen LogP contribution in [-0.2, 0) is 0 Å². The molecule has 116 valence electrons. The van der Waals surface area contributed by atoms with Gasteiger partial charge in [0.15, 0.2) is 0 Å². The van der Waals surface area contributed by atoms with E-state index >= 15 is 0 Å². The fourth-order valence-corrected chi connectivity index (χ4v) is 3.40. The van der Waals surface area contributed by atoms with Crippen LogP contribution in [0.5, 0.6) is 0 Å². The van der Waals surface area contributed by atoms with E-state index in [0.29, 0.717) is 25.1 Å². The standard InChI is InChI=1S/C16H20N4O2/c21-13-4-7-19(11-13)16(22)14-10-17-20-8-3-12(9-15(14)20)18-5-1-2-6-18/h3,8-10,13,21H,1-2,4-7,11H2/t13-/m0/s1. The Balaban J connectivity index is 1.68. The van der Waals surface area contributed by atoms with Crippen molar-refractivity contribution in [2.24, 2.45) is 0 Å². The number of aliphatic hydroxyl groups excluding tert-OH is 1. The van der Waals surface area contributed by atoms with E-state index in [0.717, 1.165) is 24.3 Å². The third-order valence-electron chi connectivity index (χ3n) is 4.66. The molecule has 0 aromatic carbocycles. The van der Waals surface area contributed by atoms with Crippen LogP contribution in [0, 0.1) is 0 Å². The maximum Gasteiger partial charge on any atom is 0.257 e. The summed E-state index contributed by atoms with van der Waals surface area (Å²) in [5, 5.41) is 13.9. The first-order valence-electron chi connectivity index (χ1n) is 7.92. The number of hydrogen-bond donors (Lipinski definition) is 1. The van der Waals surface area contributed by atoms with Crippen LogP contribution in [0.25, 0.3) is 5.52 Å². The number of fused-ring (bicyclic) bond motifs is 1. The van der Waals surface area contributed by atoms with Gasteiger partial charge in [-0.2, -0.15) is 5.10 Å². The van der Waals surface area contributed by atoms with Crippen LogP contribution in [0.2, 0.25) is 0 Å². The number of pyridine rings is 1. The maximum atomic E-state index is 12.6. The third kappa shape index (κ3) is 2.23. The number of aliphatic hydroxyl groups is 1. The van der Waals surface area contributed by atoms with Gasteiger partial charge in [-0.3, -0.25) is 4.79 Å². The first kappa shape index (κ1) is 13.6. The zero-order chi connectivity index (χ0) is 15.1. The van der Waals surface area contributed by atoms with Gasteiger partial charge in [-0.05, 0) is 31.4 Å². The van der Waals surface area contributed by atoms with Crippen LogP contribution in [0.15, 0.2) is 24.5 Å². The Morgan fingerprint density at radius 3 is 2.82 bits per heavy atom. The van der Waals surface area contributed by atoms with E-state index in [1.165, 1.54) is 12.8 Å². The van der Waals surface area contributed by atoms with E-state index < -0.39 is 6.10 Å². The summed E-state index contributed by atoms with van der Waals surface area (Å²) in [6.45, 7) is 3.18. The van der Waals surface area contributed by atoms with Crippen LogP contribution in [0.3, 0.4) is 0 Å². The zero-order valence-electron chi connectivity index (χ0n) is 12.5. The predicted octanol–water partition coefficient (Wildman–Crippen LogP) is 1.14. The molecule has 0 bridgehead atoms. The Labute approximate surface area is 128 Å². The SMILES string of the molecule is O=C(c1cnn2ccc(N3CCCC3)cc12)N1CC[C@H](O)C1. The molecule has 1 amide bonds. The van der Waals surface area contributed by atoms with Crippen molar-refractivity contribution in [3.05, 3.63) is 30.1 Å². The highest BCUT2D eigenvalue weighted by molar-refractivity contribution is 6.01. The first-order valence-corrected chi connectivity index (χ1v) is 7.92. The Hall–Kier alpha value is -2.08. The number of hydrogen-bond acceptors (Lipinski definition) is 4. The molecular formula is C16H20N4O2. The lowest BCUT2D eigenvalue weighted by Crippen LogP contribution is -2.29. The predicted molar refractivity (Wildman–Crippen MR) is 83.2 cm³/mol. The third-order valence-corrected chi connectivity index (χ3v) is 4.66. The highest BCUT2D eigenvalue weighted by Crippen LogP contribution is 2.24. The Morgan fingerprint density at radius 1 is 1.27 bits per heavy atom. The van der Waals surface area contributed by atoms with Crippen molar-refractivity contribution in [3.63, 3.8) is 0 Å². The van der Waals surface area contributed by atoms with Crippen molar-refractivity contribution in [1.29, 1.82) is 0 Å². The van der Waals surface area contributed by atoms with Crippen molar-refractivity contribution in [1.82, 2.24) is 14.5 Å². The maximum absolute atomic E-state index is 12.6. The summed E-state index contributed by atoms with van der Waals surface area (Å²) in [7, 11) is 0.